The van der Waals surface area contributed by atoms with E-state index < -0.39 is 32.5 Å². The Morgan fingerprint density at radius 1 is 0.771 bits per heavy atom. The van der Waals surface area contributed by atoms with Gasteiger partial charge in [-0.05, 0) is 12.8 Å². The molecule has 0 aromatic carbocycles. The highest BCUT2D eigenvalue weighted by molar-refractivity contribution is 7.47. The fourth-order valence-corrected chi connectivity index (χ4v) is 3.91. The van der Waals surface area contributed by atoms with Crippen molar-refractivity contribution in [2.75, 3.05) is 47.5 Å². The number of hydrogen-bond acceptors (Lipinski definition) is 7. The van der Waals surface area contributed by atoms with Gasteiger partial charge in [0.05, 0.1) is 27.7 Å². The first kappa shape index (κ1) is 34.0. The summed E-state index contributed by atoms with van der Waals surface area (Å²) in [5, 5.41) is 0. The van der Waals surface area contributed by atoms with Gasteiger partial charge in [-0.15, -0.1) is 0 Å². The van der Waals surface area contributed by atoms with Crippen LogP contribution in [0.2, 0.25) is 0 Å². The Bertz CT molecular complexity index is 609. The van der Waals surface area contributed by atoms with Gasteiger partial charge in [-0.3, -0.25) is 18.6 Å². The van der Waals surface area contributed by atoms with Gasteiger partial charge in [-0.25, -0.2) is 4.57 Å². The molecule has 0 heterocycles. The van der Waals surface area contributed by atoms with Crippen LogP contribution in [0.15, 0.2) is 0 Å². The highest BCUT2D eigenvalue weighted by atomic mass is 31.2. The molecule has 0 saturated carbocycles. The molecule has 0 aliphatic heterocycles. The number of ether oxygens (including phenoxy) is 2. The maximum atomic E-state index is 12.3. The third kappa shape index (κ3) is 23.2. The Balaban J connectivity index is 4.48. The Hall–Kier alpha value is -0.990. The molecule has 2 unspecified atom stereocenters. The first-order valence-corrected chi connectivity index (χ1v) is 14.8. The number of esters is 2. The molecule has 0 aromatic heterocycles. The number of carbonyl (C=O) groups is 2. The van der Waals surface area contributed by atoms with E-state index >= 15 is 0 Å². The average Bonchev–Trinajstić information content (AvgIpc) is 2.77. The van der Waals surface area contributed by atoms with E-state index in [1.54, 1.807) is 0 Å². The van der Waals surface area contributed by atoms with E-state index in [1.165, 1.54) is 38.5 Å². The Morgan fingerprint density at radius 2 is 1.31 bits per heavy atom. The van der Waals surface area contributed by atoms with Crippen LogP contribution in [-0.4, -0.2) is 74.9 Å². The lowest BCUT2D eigenvalue weighted by Gasteiger charge is -2.24. The number of nitrogens with zero attached hydrogens (tertiary/aromatic N) is 1. The molecule has 0 spiro atoms. The molecule has 208 valence electrons. The van der Waals surface area contributed by atoms with Crippen LogP contribution in [0.25, 0.3) is 0 Å². The Labute approximate surface area is 213 Å². The molecular weight excluding hydrogens is 473 g/mol. The van der Waals surface area contributed by atoms with Crippen molar-refractivity contribution in [3.63, 3.8) is 0 Å². The fraction of sp³-hybridized carbons (Fsp3) is 0.920. The first-order valence-electron chi connectivity index (χ1n) is 13.3. The zero-order chi connectivity index (χ0) is 26.6. The molecule has 0 fully saturated rings. The number of phosphoric ester groups is 1. The molecule has 10 heteroatoms. The van der Waals surface area contributed by atoms with Crippen LogP contribution in [0.1, 0.15) is 97.3 Å². The molecule has 0 aliphatic carbocycles. The zero-order valence-electron chi connectivity index (χ0n) is 22.8. The van der Waals surface area contributed by atoms with Crippen LogP contribution in [0.4, 0.5) is 0 Å². The van der Waals surface area contributed by atoms with Gasteiger partial charge < -0.3 is 18.9 Å². The van der Waals surface area contributed by atoms with Crippen molar-refractivity contribution in [3.05, 3.63) is 0 Å². The van der Waals surface area contributed by atoms with Crippen LogP contribution in [0.3, 0.4) is 0 Å². The fourth-order valence-electron chi connectivity index (χ4n) is 3.16. The van der Waals surface area contributed by atoms with Crippen LogP contribution >= 0.6 is 7.82 Å². The monoisotopic (exact) mass is 524 g/mol. The van der Waals surface area contributed by atoms with E-state index in [0.717, 1.165) is 19.3 Å². The number of hydrogen-bond donors (Lipinski definition) is 1. The SMILES string of the molecule is CCCCCCCCCCCC(=O)OC(COC(=O)CCCC)COP(=O)(O)OCC[N+](C)(C)C. The van der Waals surface area contributed by atoms with Crippen molar-refractivity contribution >= 4 is 19.8 Å². The summed E-state index contributed by atoms with van der Waals surface area (Å²) in [4.78, 5) is 34.1. The predicted octanol–water partition coefficient (Wildman–Crippen LogP) is 5.39. The molecule has 0 aromatic rings. The summed E-state index contributed by atoms with van der Waals surface area (Å²) in [5.41, 5.74) is 0. The van der Waals surface area contributed by atoms with E-state index in [1.807, 2.05) is 28.1 Å². The second kappa shape index (κ2) is 20.1. The number of phosphoric acid groups is 1. The van der Waals surface area contributed by atoms with Gasteiger partial charge in [0.2, 0.25) is 0 Å². The molecule has 35 heavy (non-hydrogen) atoms. The van der Waals surface area contributed by atoms with E-state index in [-0.39, 0.29) is 26.1 Å². The zero-order valence-corrected chi connectivity index (χ0v) is 23.7. The second-order valence-corrected chi connectivity index (χ2v) is 11.5. The quantitative estimate of drug-likeness (QED) is 0.0820. The van der Waals surface area contributed by atoms with Crippen molar-refractivity contribution in [1.29, 1.82) is 0 Å². The molecule has 0 amide bonds. The van der Waals surface area contributed by atoms with E-state index in [2.05, 4.69) is 6.92 Å². The second-order valence-electron chi connectivity index (χ2n) is 10.1. The molecule has 0 bridgehead atoms. The van der Waals surface area contributed by atoms with Crippen LogP contribution in [0.5, 0.6) is 0 Å². The standard InChI is InChI=1S/C25H50NO8P/c1-6-8-10-11-12-13-14-15-16-18-25(28)34-23(21-31-24(27)17-9-7-2)22-33-35(29,30)32-20-19-26(3,4)5/h23H,6-22H2,1-5H3/p+1. The number of quaternary nitrogens is 1. The highest BCUT2D eigenvalue weighted by Gasteiger charge is 2.26. The number of likely N-dealkylation sites (N-methyl/N-ethyl adjacent to an activating group) is 1. The molecule has 0 saturated heterocycles. The lowest BCUT2D eigenvalue weighted by Crippen LogP contribution is -2.37. The lowest BCUT2D eigenvalue weighted by molar-refractivity contribution is -0.870. The van der Waals surface area contributed by atoms with Gasteiger partial charge in [0.25, 0.3) is 0 Å². The summed E-state index contributed by atoms with van der Waals surface area (Å²) in [7, 11) is 1.47. The van der Waals surface area contributed by atoms with E-state index in [0.29, 0.717) is 23.9 Å². The van der Waals surface area contributed by atoms with Crippen molar-refractivity contribution < 1.29 is 42.1 Å². The highest BCUT2D eigenvalue weighted by Crippen LogP contribution is 2.43. The number of unbranched alkanes of at least 4 members (excludes halogenated alkanes) is 9. The van der Waals surface area contributed by atoms with Crippen LogP contribution < -0.4 is 0 Å². The minimum atomic E-state index is -4.33. The van der Waals surface area contributed by atoms with Crippen LogP contribution in [0, 0.1) is 0 Å². The van der Waals surface area contributed by atoms with E-state index in [4.69, 9.17) is 18.5 Å². The van der Waals surface area contributed by atoms with Gasteiger partial charge in [-0.1, -0.05) is 71.6 Å². The van der Waals surface area contributed by atoms with Gasteiger partial charge in [0.1, 0.15) is 19.8 Å². The Kier molecular flexibility index (Phi) is 19.5. The summed E-state index contributed by atoms with van der Waals surface area (Å²) in [6, 6.07) is 0. The topological polar surface area (TPSA) is 108 Å². The summed E-state index contributed by atoms with van der Waals surface area (Å²) < 4.78 is 33.4. The van der Waals surface area contributed by atoms with E-state index in [9.17, 15) is 19.0 Å². The van der Waals surface area contributed by atoms with Gasteiger partial charge >= 0.3 is 19.8 Å². The van der Waals surface area contributed by atoms with Gasteiger partial charge in [0, 0.05) is 12.8 Å². The smallest absolute Gasteiger partial charge is 0.462 e. The van der Waals surface area contributed by atoms with Crippen molar-refractivity contribution in [2.24, 2.45) is 0 Å². The first-order chi connectivity index (χ1) is 16.5. The van der Waals surface area contributed by atoms with Crippen molar-refractivity contribution in [1.82, 2.24) is 0 Å². The van der Waals surface area contributed by atoms with Crippen molar-refractivity contribution in [2.45, 2.75) is 103 Å². The number of carbonyl (C=O) groups excluding carboxylic acids is 2. The number of rotatable bonds is 23. The maximum Gasteiger partial charge on any atom is 0.472 e. The van der Waals surface area contributed by atoms with Crippen molar-refractivity contribution in [3.8, 4) is 0 Å². The summed E-state index contributed by atoms with van der Waals surface area (Å²) in [5.74, 6) is -0.844. The minimum absolute atomic E-state index is 0.0341. The molecule has 0 radical (unpaired) electrons. The molecule has 9 nitrogen and oxygen atoms in total. The average molecular weight is 525 g/mol. The van der Waals surface area contributed by atoms with Gasteiger partial charge in [0.15, 0.2) is 6.10 Å². The summed E-state index contributed by atoms with van der Waals surface area (Å²) in [6.07, 6.45) is 11.3. The molecule has 0 aliphatic rings. The molecular formula is C25H51NO8P+. The van der Waals surface area contributed by atoms with Crippen LogP contribution in [-0.2, 0) is 32.7 Å². The molecule has 0 rings (SSSR count). The summed E-state index contributed by atoms with van der Waals surface area (Å²) in [6.45, 7) is 4.09. The molecule has 1 N–H and O–H groups in total. The minimum Gasteiger partial charge on any atom is -0.462 e. The normalized spacial score (nSPS) is 14.3. The predicted molar refractivity (Wildman–Crippen MR) is 137 cm³/mol. The Morgan fingerprint density at radius 3 is 1.89 bits per heavy atom. The lowest BCUT2D eigenvalue weighted by atomic mass is 10.1. The third-order valence-electron chi connectivity index (χ3n) is 5.39. The molecule has 2 atom stereocenters. The van der Waals surface area contributed by atoms with Gasteiger partial charge in [-0.2, -0.15) is 0 Å². The maximum absolute atomic E-state index is 12.3. The summed E-state index contributed by atoms with van der Waals surface area (Å²) >= 11 is 0. The largest absolute Gasteiger partial charge is 0.472 e. The third-order valence-corrected chi connectivity index (χ3v) is 6.37.